The second-order valence-electron chi connectivity index (χ2n) is 12.8. The summed E-state index contributed by atoms with van der Waals surface area (Å²) in [4.78, 5) is 16.2. The largest absolute Gasteiger partial charge is 0.472 e. The molecule has 6 rings (SSSR count). The number of ether oxygens (including phenoxy) is 1. The summed E-state index contributed by atoms with van der Waals surface area (Å²) >= 11 is 1.89. The van der Waals surface area contributed by atoms with Crippen molar-refractivity contribution in [3.05, 3.63) is 48.3 Å². The number of nitrogens with one attached hydrogen (secondary N) is 1. The van der Waals surface area contributed by atoms with E-state index in [1.165, 1.54) is 43.2 Å². The average Bonchev–Trinajstić information content (AvgIpc) is 3.71. The van der Waals surface area contributed by atoms with Crippen LogP contribution < -0.4 is 5.32 Å². The zero-order chi connectivity index (χ0) is 26.3. The molecule has 208 valence electrons. The van der Waals surface area contributed by atoms with Crippen LogP contribution in [0, 0.1) is 17.3 Å². The number of piperidine rings is 3. The maximum Gasteiger partial charge on any atom is 0.321 e. The van der Waals surface area contributed by atoms with Crippen LogP contribution >= 0.6 is 11.8 Å². The van der Waals surface area contributed by atoms with Gasteiger partial charge in [0.05, 0.1) is 32.2 Å². The van der Waals surface area contributed by atoms with Crippen LogP contribution in [0.2, 0.25) is 0 Å². The number of methoxy groups -OCH3 is 1. The molecule has 4 aliphatic rings. The van der Waals surface area contributed by atoms with Gasteiger partial charge in [-0.3, -0.25) is 9.69 Å². The molecule has 6 nitrogen and oxygen atoms in total. The van der Waals surface area contributed by atoms with Crippen molar-refractivity contribution >= 4 is 17.7 Å². The van der Waals surface area contributed by atoms with Crippen molar-refractivity contribution in [2.75, 3.05) is 19.4 Å². The number of esters is 1. The highest BCUT2D eigenvalue weighted by atomic mass is 32.2. The van der Waals surface area contributed by atoms with E-state index < -0.39 is 4.75 Å². The summed E-state index contributed by atoms with van der Waals surface area (Å²) in [5, 5.41) is 3.90. The Morgan fingerprint density at radius 3 is 2.58 bits per heavy atom. The number of carbonyl (C=O) groups is 1. The number of thioether (sulfide) groups is 1. The molecule has 4 aliphatic heterocycles. The fourth-order valence-corrected chi connectivity index (χ4v) is 10.0. The minimum atomic E-state index is -0.446. The van der Waals surface area contributed by atoms with E-state index in [2.05, 4.69) is 36.2 Å². The van der Waals surface area contributed by atoms with Crippen molar-refractivity contribution in [3.63, 3.8) is 0 Å². The molecule has 7 heteroatoms. The topological polar surface area (TPSA) is 67.8 Å². The van der Waals surface area contributed by atoms with E-state index in [4.69, 9.17) is 13.6 Å². The summed E-state index contributed by atoms with van der Waals surface area (Å²) in [5.41, 5.74) is 2.71. The summed E-state index contributed by atoms with van der Waals surface area (Å²) in [7, 11) is 1.57. The number of hydrogen-bond acceptors (Lipinski definition) is 7. The summed E-state index contributed by atoms with van der Waals surface area (Å²) in [5.74, 6) is 2.34. The summed E-state index contributed by atoms with van der Waals surface area (Å²) < 4.78 is 15.9. The molecule has 0 bridgehead atoms. The number of hydrogen-bond donors (Lipinski definition) is 1. The zero-order valence-electron chi connectivity index (χ0n) is 23.2. The van der Waals surface area contributed by atoms with Gasteiger partial charge in [-0.1, -0.05) is 13.8 Å². The van der Waals surface area contributed by atoms with Crippen LogP contribution in [-0.2, 0) is 9.53 Å². The normalized spacial score (nSPS) is 39.8. The number of carbonyl (C=O) groups excluding carboxylic acids is 1. The van der Waals surface area contributed by atoms with Gasteiger partial charge in [0.25, 0.3) is 0 Å². The Kier molecular flexibility index (Phi) is 7.47. The Labute approximate surface area is 231 Å². The molecule has 1 N–H and O–H groups in total. The monoisotopic (exact) mass is 540 g/mol. The van der Waals surface area contributed by atoms with Crippen LogP contribution in [0.15, 0.2) is 46.0 Å². The predicted octanol–water partition coefficient (Wildman–Crippen LogP) is 6.75. The molecule has 4 saturated heterocycles. The molecule has 8 atom stereocenters. The zero-order valence-corrected chi connectivity index (χ0v) is 24.0. The predicted molar refractivity (Wildman–Crippen MR) is 150 cm³/mol. The van der Waals surface area contributed by atoms with E-state index in [0.29, 0.717) is 30.1 Å². The summed E-state index contributed by atoms with van der Waals surface area (Å²) in [6.45, 7) is 5.86. The molecule has 4 fully saturated rings. The smallest absolute Gasteiger partial charge is 0.321 e. The van der Waals surface area contributed by atoms with Gasteiger partial charge >= 0.3 is 5.97 Å². The molecular weight excluding hydrogens is 496 g/mol. The molecule has 0 aliphatic carbocycles. The number of furan rings is 2. The first-order valence-corrected chi connectivity index (χ1v) is 15.7. The first kappa shape index (κ1) is 26.5. The lowest BCUT2D eigenvalue weighted by Gasteiger charge is -2.53. The molecule has 0 unspecified atom stereocenters. The lowest BCUT2D eigenvalue weighted by atomic mass is 9.68. The quantitative estimate of drug-likeness (QED) is 0.406. The molecule has 0 amide bonds. The maximum absolute atomic E-state index is 13.5. The molecule has 38 heavy (non-hydrogen) atoms. The SMILES string of the molecule is COC(=O)[C@@]1(CC[C@@H]2N[C@H](c3ccoc3)CC[C@H]2C)C[C@]2(CC[C@H]3[C@H](C)CC[C@@H](c4ccoc4)N3C2)CS1. The van der Waals surface area contributed by atoms with Crippen molar-refractivity contribution in [2.45, 2.75) is 101 Å². The number of rotatable bonds is 6. The van der Waals surface area contributed by atoms with Gasteiger partial charge in [0.1, 0.15) is 4.75 Å². The Bertz CT molecular complexity index is 1070. The fraction of sp³-hybridized carbons (Fsp3) is 0.710. The van der Waals surface area contributed by atoms with Crippen LogP contribution in [-0.4, -0.2) is 47.1 Å². The second kappa shape index (κ2) is 10.7. The Morgan fingerprint density at radius 1 is 1.08 bits per heavy atom. The second-order valence-corrected chi connectivity index (χ2v) is 14.2. The number of nitrogens with zero attached hydrogens (tertiary/aromatic N) is 1. The van der Waals surface area contributed by atoms with Crippen LogP contribution in [0.1, 0.15) is 94.8 Å². The van der Waals surface area contributed by atoms with Crippen LogP contribution in [0.3, 0.4) is 0 Å². The van der Waals surface area contributed by atoms with Crippen molar-refractivity contribution in [3.8, 4) is 0 Å². The highest BCUT2D eigenvalue weighted by Gasteiger charge is 2.57. The first-order chi connectivity index (χ1) is 18.4. The van der Waals surface area contributed by atoms with Crippen molar-refractivity contribution in [1.82, 2.24) is 10.2 Å². The fourth-order valence-electron chi connectivity index (χ4n) is 8.23. The Balaban J connectivity index is 1.18. The van der Waals surface area contributed by atoms with E-state index in [9.17, 15) is 4.79 Å². The van der Waals surface area contributed by atoms with Gasteiger partial charge < -0.3 is 18.9 Å². The van der Waals surface area contributed by atoms with Gasteiger partial charge in [-0.15, -0.1) is 11.8 Å². The maximum atomic E-state index is 13.5. The first-order valence-electron chi connectivity index (χ1n) is 14.7. The third kappa shape index (κ3) is 4.88. The van der Waals surface area contributed by atoms with Crippen LogP contribution in [0.4, 0.5) is 0 Å². The third-order valence-electron chi connectivity index (χ3n) is 10.5. The highest BCUT2D eigenvalue weighted by molar-refractivity contribution is 8.01. The van der Waals surface area contributed by atoms with E-state index in [0.717, 1.165) is 43.9 Å². The van der Waals surface area contributed by atoms with E-state index in [1.807, 2.05) is 30.6 Å². The molecule has 6 heterocycles. The molecular formula is C31H44N2O4S. The molecule has 1 spiro atoms. The third-order valence-corrected chi connectivity index (χ3v) is 12.3. The van der Waals surface area contributed by atoms with Gasteiger partial charge in [-0.25, -0.2) is 0 Å². The standard InChI is InChI=1S/C31H44N2O4S/c1-21-4-6-26(23-10-14-36-16-23)32-25(21)8-13-31(29(34)35-3)18-30(20-38-31)12-9-27-22(2)5-7-28(33(27)19-30)24-11-15-37-17-24/h10-11,14-17,21-22,25-28,32H,4-9,12-13,18-20H2,1-3H3/t21-,22-,25+,26+,27+,28+,30+,31-/m1/s1. The van der Waals surface area contributed by atoms with Crippen LogP contribution in [0.25, 0.3) is 0 Å². The lowest BCUT2D eigenvalue weighted by molar-refractivity contribution is -0.145. The van der Waals surface area contributed by atoms with Gasteiger partial charge in [0, 0.05) is 47.6 Å². The van der Waals surface area contributed by atoms with Gasteiger partial charge in [-0.2, -0.15) is 0 Å². The van der Waals surface area contributed by atoms with Crippen molar-refractivity contribution in [2.24, 2.45) is 17.3 Å². The van der Waals surface area contributed by atoms with Gasteiger partial charge in [0.15, 0.2) is 0 Å². The molecule has 0 saturated carbocycles. The Hall–Kier alpha value is -1.70. The van der Waals surface area contributed by atoms with Crippen molar-refractivity contribution in [1.29, 1.82) is 0 Å². The Morgan fingerprint density at radius 2 is 1.84 bits per heavy atom. The molecule has 2 aromatic rings. The molecule has 0 radical (unpaired) electrons. The van der Waals surface area contributed by atoms with E-state index in [1.54, 1.807) is 13.4 Å². The minimum absolute atomic E-state index is 0.0188. The van der Waals surface area contributed by atoms with Gasteiger partial charge in [0.2, 0.25) is 0 Å². The molecule has 2 aromatic heterocycles. The lowest BCUT2D eigenvalue weighted by Crippen LogP contribution is -2.55. The average molecular weight is 541 g/mol. The summed E-state index contributed by atoms with van der Waals surface area (Å²) in [6, 6.07) is 6.01. The number of fused-ring (bicyclic) bond motifs is 1. The summed E-state index contributed by atoms with van der Waals surface area (Å²) in [6.07, 6.45) is 17.4. The van der Waals surface area contributed by atoms with E-state index in [-0.39, 0.29) is 11.4 Å². The highest BCUT2D eigenvalue weighted by Crippen LogP contribution is 2.58. The minimum Gasteiger partial charge on any atom is -0.472 e. The van der Waals surface area contributed by atoms with E-state index >= 15 is 0 Å². The van der Waals surface area contributed by atoms with Crippen LogP contribution in [0.5, 0.6) is 0 Å². The van der Waals surface area contributed by atoms with Crippen molar-refractivity contribution < 1.29 is 18.4 Å². The van der Waals surface area contributed by atoms with Gasteiger partial charge in [-0.05, 0) is 87.2 Å². The molecule has 0 aromatic carbocycles.